The van der Waals surface area contributed by atoms with E-state index in [2.05, 4.69) is 6.07 Å². The van der Waals surface area contributed by atoms with Gasteiger partial charge in [0.1, 0.15) is 45.6 Å². The fourth-order valence-electron chi connectivity index (χ4n) is 8.36. The normalized spacial score (nSPS) is 11.8. The number of hydrogen-bond donors (Lipinski definition) is 0. The molecular formula is C50H28F4N2O2. The fourth-order valence-corrected chi connectivity index (χ4v) is 8.36. The SMILES string of the molecule is Fc1ccc(N(c2ccc(F)cc2)c2cc3oc4c(ccc5oc6cc(N(c7ccc(F)cc7)c7ccc(F)cc7)c7ccccc7c6c54)c3c3ccccc23)cc1. The molecule has 0 saturated heterocycles. The topological polar surface area (TPSA) is 32.8 Å². The monoisotopic (exact) mass is 764 g/mol. The van der Waals surface area contributed by atoms with Crippen molar-refractivity contribution >= 4 is 99.5 Å². The molecule has 58 heavy (non-hydrogen) atoms. The number of benzene rings is 9. The maximum Gasteiger partial charge on any atom is 0.147 e. The summed E-state index contributed by atoms with van der Waals surface area (Å²) in [4.78, 5) is 3.94. The Hall–Kier alpha value is -7.58. The first-order valence-corrected chi connectivity index (χ1v) is 18.7. The fraction of sp³-hybridized carbons (Fsp3) is 0. The van der Waals surface area contributed by atoms with Gasteiger partial charge in [0.05, 0.1) is 16.8 Å². The molecule has 2 heterocycles. The highest BCUT2D eigenvalue weighted by molar-refractivity contribution is 6.32. The van der Waals surface area contributed by atoms with E-state index in [9.17, 15) is 17.6 Å². The lowest BCUT2D eigenvalue weighted by Gasteiger charge is -2.27. The van der Waals surface area contributed by atoms with E-state index in [1.807, 2.05) is 76.5 Å². The van der Waals surface area contributed by atoms with E-state index < -0.39 is 0 Å². The number of furan rings is 2. The predicted molar refractivity (Wildman–Crippen MR) is 225 cm³/mol. The molecule has 0 radical (unpaired) electrons. The van der Waals surface area contributed by atoms with Gasteiger partial charge in [-0.15, -0.1) is 0 Å². The van der Waals surface area contributed by atoms with Crippen LogP contribution in [0.2, 0.25) is 0 Å². The van der Waals surface area contributed by atoms with Crippen molar-refractivity contribution in [3.8, 4) is 0 Å². The van der Waals surface area contributed by atoms with Crippen molar-refractivity contribution in [2.45, 2.75) is 0 Å². The summed E-state index contributed by atoms with van der Waals surface area (Å²) in [6.07, 6.45) is 0. The molecule has 9 aromatic carbocycles. The van der Waals surface area contributed by atoms with Gasteiger partial charge in [0.2, 0.25) is 0 Å². The van der Waals surface area contributed by atoms with Crippen molar-refractivity contribution in [1.82, 2.24) is 0 Å². The first-order chi connectivity index (χ1) is 28.4. The molecule has 2 aromatic heterocycles. The van der Waals surface area contributed by atoms with E-state index in [0.717, 1.165) is 54.5 Å². The van der Waals surface area contributed by atoms with Crippen LogP contribution in [-0.2, 0) is 0 Å². The number of nitrogens with zero attached hydrogens (tertiary/aromatic N) is 2. The average molecular weight is 765 g/mol. The van der Waals surface area contributed by atoms with E-state index in [1.165, 1.54) is 48.5 Å². The minimum Gasteiger partial charge on any atom is -0.456 e. The van der Waals surface area contributed by atoms with Crippen LogP contribution in [0.15, 0.2) is 179 Å². The zero-order valence-corrected chi connectivity index (χ0v) is 30.4. The molecule has 278 valence electrons. The van der Waals surface area contributed by atoms with Crippen LogP contribution in [0.4, 0.5) is 51.7 Å². The standard InChI is InChI=1S/C50H28F4N2O2/c51-29-9-17-33(18-10-29)55(34-19-11-30(52)12-20-34)42-27-45-47(39-7-3-1-5-37(39)42)41-25-26-44-49(50(41)58-45)48-40-8-4-2-6-38(40)43(28-46(48)57-44)56(35-21-13-31(53)14-22-35)36-23-15-32(54)16-24-36/h1-28H. The van der Waals surface area contributed by atoms with Gasteiger partial charge >= 0.3 is 0 Å². The van der Waals surface area contributed by atoms with Gasteiger partial charge in [0.25, 0.3) is 0 Å². The van der Waals surface area contributed by atoms with Crippen LogP contribution >= 0.6 is 0 Å². The van der Waals surface area contributed by atoms with E-state index >= 15 is 0 Å². The maximum absolute atomic E-state index is 14.2. The van der Waals surface area contributed by atoms with Crippen LogP contribution in [0.1, 0.15) is 0 Å². The highest BCUT2D eigenvalue weighted by Gasteiger charge is 2.25. The zero-order valence-electron chi connectivity index (χ0n) is 30.4. The minimum atomic E-state index is -0.367. The molecule has 0 saturated carbocycles. The van der Waals surface area contributed by atoms with Crippen molar-refractivity contribution in [2.24, 2.45) is 0 Å². The third-order valence-corrected chi connectivity index (χ3v) is 10.9. The van der Waals surface area contributed by atoms with E-state index in [1.54, 1.807) is 48.5 Å². The molecule has 0 amide bonds. The smallest absolute Gasteiger partial charge is 0.147 e. The Morgan fingerprint density at radius 2 is 0.690 bits per heavy atom. The Kier molecular flexibility index (Phi) is 7.56. The molecule has 0 unspecified atom stereocenters. The Morgan fingerprint density at radius 3 is 1.12 bits per heavy atom. The minimum absolute atomic E-state index is 0.366. The molecule has 0 N–H and O–H groups in total. The van der Waals surface area contributed by atoms with Crippen LogP contribution in [-0.4, -0.2) is 0 Å². The molecule has 0 aliphatic heterocycles. The summed E-state index contributed by atoms with van der Waals surface area (Å²) in [6.45, 7) is 0. The molecule has 0 aliphatic carbocycles. The Balaban J connectivity index is 1.19. The molecule has 4 nitrogen and oxygen atoms in total. The number of rotatable bonds is 6. The van der Waals surface area contributed by atoms with Crippen LogP contribution in [0.5, 0.6) is 0 Å². The van der Waals surface area contributed by atoms with Gasteiger partial charge in [-0.3, -0.25) is 0 Å². The van der Waals surface area contributed by atoms with Crippen molar-refractivity contribution in [3.05, 3.63) is 193 Å². The van der Waals surface area contributed by atoms with Gasteiger partial charge in [0, 0.05) is 61.8 Å². The van der Waals surface area contributed by atoms with Gasteiger partial charge < -0.3 is 18.6 Å². The Labute approximate surface area is 328 Å². The Morgan fingerprint density at radius 1 is 0.310 bits per heavy atom. The second kappa shape index (κ2) is 13.0. The van der Waals surface area contributed by atoms with Crippen LogP contribution in [0.25, 0.3) is 65.4 Å². The highest BCUT2D eigenvalue weighted by Crippen LogP contribution is 2.49. The first-order valence-electron chi connectivity index (χ1n) is 18.7. The third kappa shape index (κ3) is 5.29. The third-order valence-electron chi connectivity index (χ3n) is 10.9. The molecule has 0 atom stereocenters. The van der Waals surface area contributed by atoms with Gasteiger partial charge in [-0.2, -0.15) is 0 Å². The second-order valence-electron chi connectivity index (χ2n) is 14.2. The number of halogens is 4. The van der Waals surface area contributed by atoms with Gasteiger partial charge in [0.15, 0.2) is 0 Å². The van der Waals surface area contributed by atoms with E-state index in [4.69, 9.17) is 8.83 Å². The first kappa shape index (κ1) is 33.7. The van der Waals surface area contributed by atoms with Crippen molar-refractivity contribution in [1.29, 1.82) is 0 Å². The summed E-state index contributed by atoms with van der Waals surface area (Å²) >= 11 is 0. The molecule has 0 bridgehead atoms. The largest absolute Gasteiger partial charge is 0.456 e. The molecule has 11 rings (SSSR count). The van der Waals surface area contributed by atoms with Crippen molar-refractivity contribution in [2.75, 3.05) is 9.80 Å². The van der Waals surface area contributed by atoms with Crippen molar-refractivity contribution < 1.29 is 26.4 Å². The van der Waals surface area contributed by atoms with E-state index in [0.29, 0.717) is 45.1 Å². The maximum atomic E-state index is 14.2. The van der Waals surface area contributed by atoms with Crippen molar-refractivity contribution in [3.63, 3.8) is 0 Å². The van der Waals surface area contributed by atoms with Crippen LogP contribution < -0.4 is 9.80 Å². The van der Waals surface area contributed by atoms with E-state index in [-0.39, 0.29) is 23.3 Å². The Bertz CT molecular complexity index is 3280. The van der Waals surface area contributed by atoms with Gasteiger partial charge in [-0.25, -0.2) is 17.6 Å². The summed E-state index contributed by atoms with van der Waals surface area (Å²) in [6, 6.07) is 48.8. The van der Waals surface area contributed by atoms with Crippen LogP contribution in [0, 0.1) is 23.3 Å². The number of anilines is 6. The van der Waals surface area contributed by atoms with Gasteiger partial charge in [-0.05, 0) is 120 Å². The molecule has 11 aromatic rings. The summed E-state index contributed by atoms with van der Waals surface area (Å²) in [7, 11) is 0. The summed E-state index contributed by atoms with van der Waals surface area (Å²) in [5.74, 6) is -1.47. The lowest BCUT2D eigenvalue weighted by atomic mass is 9.98. The number of fused-ring (bicyclic) bond motifs is 11. The predicted octanol–water partition coefficient (Wildman–Crippen LogP) is 15.3. The molecule has 0 aliphatic rings. The zero-order chi connectivity index (χ0) is 39.1. The molecular weight excluding hydrogens is 737 g/mol. The number of hydrogen-bond acceptors (Lipinski definition) is 4. The summed E-state index contributed by atoms with van der Waals surface area (Å²) < 4.78 is 70.5. The summed E-state index contributed by atoms with van der Waals surface area (Å²) in [5, 5.41) is 7.14. The molecule has 0 spiro atoms. The second-order valence-corrected chi connectivity index (χ2v) is 14.2. The molecule has 8 heteroatoms. The molecule has 0 fully saturated rings. The quantitative estimate of drug-likeness (QED) is 0.158. The highest BCUT2D eigenvalue weighted by atomic mass is 19.1. The average Bonchev–Trinajstić information content (AvgIpc) is 3.82. The van der Waals surface area contributed by atoms with Gasteiger partial charge in [-0.1, -0.05) is 48.5 Å². The van der Waals surface area contributed by atoms with Crippen LogP contribution in [0.3, 0.4) is 0 Å². The lowest BCUT2D eigenvalue weighted by Crippen LogP contribution is -2.10. The lowest BCUT2D eigenvalue weighted by molar-refractivity contribution is 0.627. The summed E-state index contributed by atoms with van der Waals surface area (Å²) in [5.41, 5.74) is 6.79.